The minimum Gasteiger partial charge on any atom is -0.345 e. The van der Waals surface area contributed by atoms with Crippen LogP contribution in [0.25, 0.3) is 0 Å². The number of carbonyl (C=O) groups is 1. The second-order valence-electron chi connectivity index (χ2n) is 5.43. The topological polar surface area (TPSA) is 25.2 Å². The Labute approximate surface area is 131 Å². The molecule has 0 aliphatic rings. The molecule has 1 aromatic heterocycles. The second kappa shape index (κ2) is 7.78. The van der Waals surface area contributed by atoms with Crippen molar-refractivity contribution in [2.24, 2.45) is 0 Å². The van der Waals surface area contributed by atoms with Crippen molar-refractivity contribution in [3.8, 4) is 0 Å². The zero-order chi connectivity index (χ0) is 15.9. The summed E-state index contributed by atoms with van der Waals surface area (Å²) in [4.78, 5) is 13.9. The van der Waals surface area contributed by atoms with Gasteiger partial charge in [0.05, 0.1) is 6.54 Å². The van der Waals surface area contributed by atoms with E-state index in [2.05, 4.69) is 11.5 Å². The van der Waals surface area contributed by atoms with Gasteiger partial charge in [-0.1, -0.05) is 26.0 Å². The van der Waals surface area contributed by atoms with E-state index in [0.29, 0.717) is 19.5 Å². The molecule has 0 spiro atoms. The summed E-state index contributed by atoms with van der Waals surface area (Å²) >= 11 is 0. The third-order valence-corrected chi connectivity index (χ3v) is 3.67. The molecule has 1 amide bonds. The van der Waals surface area contributed by atoms with Crippen molar-refractivity contribution >= 4 is 5.91 Å². The molecule has 1 heterocycles. The molecule has 1 aromatic carbocycles. The number of carbonyl (C=O) groups excluding carboxylic acids is 1. The highest BCUT2D eigenvalue weighted by atomic mass is 19.1. The van der Waals surface area contributed by atoms with Crippen LogP contribution < -0.4 is 0 Å². The molecule has 0 saturated carbocycles. The molecule has 0 aliphatic heterocycles. The maximum atomic E-state index is 13.3. The summed E-state index contributed by atoms with van der Waals surface area (Å²) in [6, 6.07) is 10.6. The molecule has 2 rings (SSSR count). The van der Waals surface area contributed by atoms with Gasteiger partial charge in [-0.15, -0.1) is 0 Å². The van der Waals surface area contributed by atoms with Gasteiger partial charge < -0.3 is 9.47 Å². The fraction of sp³-hybridized carbons (Fsp3) is 0.389. The van der Waals surface area contributed by atoms with Crippen LogP contribution in [0.3, 0.4) is 0 Å². The Morgan fingerprint density at radius 1 is 1.23 bits per heavy atom. The van der Waals surface area contributed by atoms with Gasteiger partial charge in [-0.2, -0.15) is 0 Å². The first-order valence-electron chi connectivity index (χ1n) is 7.80. The summed E-state index contributed by atoms with van der Waals surface area (Å²) in [5.74, 6) is -0.0552. The third kappa shape index (κ3) is 4.20. The van der Waals surface area contributed by atoms with E-state index >= 15 is 0 Å². The van der Waals surface area contributed by atoms with Crippen molar-refractivity contribution in [3.05, 3.63) is 59.7 Å². The van der Waals surface area contributed by atoms with E-state index in [0.717, 1.165) is 24.2 Å². The van der Waals surface area contributed by atoms with Crippen molar-refractivity contribution in [2.45, 2.75) is 39.8 Å². The lowest BCUT2D eigenvalue weighted by molar-refractivity contribution is -0.131. The van der Waals surface area contributed by atoms with Crippen LogP contribution in [0.4, 0.5) is 4.39 Å². The average Bonchev–Trinajstić information content (AvgIpc) is 2.93. The van der Waals surface area contributed by atoms with Crippen LogP contribution >= 0.6 is 0 Å². The average molecular weight is 302 g/mol. The summed E-state index contributed by atoms with van der Waals surface area (Å²) in [5.41, 5.74) is 1.99. The van der Waals surface area contributed by atoms with E-state index < -0.39 is 0 Å². The minimum atomic E-state index is -0.222. The Balaban J connectivity index is 2.13. The fourth-order valence-corrected chi connectivity index (χ4v) is 2.56. The van der Waals surface area contributed by atoms with Crippen LogP contribution in [0.15, 0.2) is 42.6 Å². The third-order valence-electron chi connectivity index (χ3n) is 3.67. The van der Waals surface area contributed by atoms with Crippen LogP contribution in [0.2, 0.25) is 0 Å². The number of halogens is 1. The van der Waals surface area contributed by atoms with Crippen molar-refractivity contribution in [3.63, 3.8) is 0 Å². The maximum Gasteiger partial charge on any atom is 0.222 e. The van der Waals surface area contributed by atoms with Crippen LogP contribution in [0.1, 0.15) is 37.9 Å². The molecule has 2 aromatic rings. The summed E-state index contributed by atoms with van der Waals surface area (Å²) in [6.45, 7) is 5.93. The molecule has 118 valence electrons. The quantitative estimate of drug-likeness (QED) is 0.763. The molecule has 0 atom stereocenters. The lowest BCUT2D eigenvalue weighted by Gasteiger charge is -2.22. The van der Waals surface area contributed by atoms with Crippen molar-refractivity contribution in [1.29, 1.82) is 0 Å². The zero-order valence-corrected chi connectivity index (χ0v) is 13.3. The molecule has 4 heteroatoms. The predicted molar refractivity (Wildman–Crippen MR) is 85.9 cm³/mol. The van der Waals surface area contributed by atoms with Crippen LogP contribution in [0.5, 0.6) is 0 Å². The Kier molecular flexibility index (Phi) is 5.75. The Bertz CT molecular complexity index is 621. The largest absolute Gasteiger partial charge is 0.345 e. The van der Waals surface area contributed by atoms with E-state index in [1.54, 1.807) is 12.1 Å². The summed E-state index contributed by atoms with van der Waals surface area (Å²) in [6.07, 6.45) is 3.43. The van der Waals surface area contributed by atoms with Crippen LogP contribution in [-0.2, 0) is 17.9 Å². The summed E-state index contributed by atoms with van der Waals surface area (Å²) in [7, 11) is 0. The zero-order valence-electron chi connectivity index (χ0n) is 13.3. The molecule has 0 fully saturated rings. The first kappa shape index (κ1) is 16.3. The van der Waals surface area contributed by atoms with Gasteiger partial charge >= 0.3 is 0 Å². The summed E-state index contributed by atoms with van der Waals surface area (Å²) in [5, 5.41) is 0. The number of aromatic nitrogens is 1. The van der Waals surface area contributed by atoms with Crippen molar-refractivity contribution in [2.75, 3.05) is 6.54 Å². The van der Waals surface area contributed by atoms with Gasteiger partial charge in [0.25, 0.3) is 0 Å². The van der Waals surface area contributed by atoms with Gasteiger partial charge in [0, 0.05) is 31.4 Å². The number of rotatable bonds is 7. The van der Waals surface area contributed by atoms with E-state index in [1.807, 2.05) is 36.2 Å². The molecule has 0 saturated heterocycles. The molecule has 0 radical (unpaired) electrons. The molecular weight excluding hydrogens is 279 g/mol. The van der Waals surface area contributed by atoms with E-state index in [4.69, 9.17) is 0 Å². The van der Waals surface area contributed by atoms with Gasteiger partial charge in [0.2, 0.25) is 5.91 Å². The first-order chi connectivity index (χ1) is 10.6. The monoisotopic (exact) mass is 302 g/mol. The molecule has 22 heavy (non-hydrogen) atoms. The molecule has 3 nitrogen and oxygen atoms in total. The molecule has 0 bridgehead atoms. The van der Waals surface area contributed by atoms with Gasteiger partial charge in [0.1, 0.15) is 5.82 Å². The normalized spacial score (nSPS) is 10.7. The second-order valence-corrected chi connectivity index (χ2v) is 5.43. The number of benzene rings is 1. The summed E-state index contributed by atoms with van der Waals surface area (Å²) < 4.78 is 15.4. The highest BCUT2D eigenvalue weighted by Gasteiger charge is 2.13. The molecule has 0 aliphatic carbocycles. The standard InChI is InChI=1S/C18H23FN2O/c1-3-10-21(18(22)4-2)14-17-9-6-11-20(17)13-15-7-5-8-16(19)12-15/h5-9,11-12H,3-4,10,13-14H2,1-2H3. The molecular formula is C18H23FN2O. The Hall–Kier alpha value is -2.10. The van der Waals surface area contributed by atoms with Gasteiger partial charge in [-0.25, -0.2) is 4.39 Å². The van der Waals surface area contributed by atoms with Crippen LogP contribution in [0, 0.1) is 5.82 Å². The van der Waals surface area contributed by atoms with Crippen LogP contribution in [-0.4, -0.2) is 21.9 Å². The highest BCUT2D eigenvalue weighted by Crippen LogP contribution is 2.12. The fourth-order valence-electron chi connectivity index (χ4n) is 2.56. The molecule has 0 N–H and O–H groups in total. The highest BCUT2D eigenvalue weighted by molar-refractivity contribution is 5.75. The van der Waals surface area contributed by atoms with Crippen molar-refractivity contribution < 1.29 is 9.18 Å². The van der Waals surface area contributed by atoms with Crippen molar-refractivity contribution in [1.82, 2.24) is 9.47 Å². The van der Waals surface area contributed by atoms with E-state index in [-0.39, 0.29) is 11.7 Å². The van der Waals surface area contributed by atoms with E-state index in [9.17, 15) is 9.18 Å². The number of nitrogens with zero attached hydrogens (tertiary/aromatic N) is 2. The number of amides is 1. The van der Waals surface area contributed by atoms with Gasteiger partial charge in [-0.3, -0.25) is 4.79 Å². The predicted octanol–water partition coefficient (Wildman–Crippen LogP) is 3.82. The van der Waals surface area contributed by atoms with Gasteiger partial charge in [-0.05, 0) is 36.2 Å². The smallest absolute Gasteiger partial charge is 0.222 e. The SMILES string of the molecule is CCCN(Cc1cccn1Cc1cccc(F)c1)C(=O)CC. The van der Waals surface area contributed by atoms with E-state index in [1.165, 1.54) is 6.07 Å². The number of hydrogen-bond donors (Lipinski definition) is 0. The first-order valence-corrected chi connectivity index (χ1v) is 7.80. The minimum absolute atomic E-state index is 0.167. The Morgan fingerprint density at radius 2 is 2.05 bits per heavy atom. The number of hydrogen-bond acceptors (Lipinski definition) is 1. The lowest BCUT2D eigenvalue weighted by Crippen LogP contribution is -2.31. The van der Waals surface area contributed by atoms with Gasteiger partial charge in [0.15, 0.2) is 0 Å². The maximum absolute atomic E-state index is 13.3. The Morgan fingerprint density at radius 3 is 2.73 bits per heavy atom. The lowest BCUT2D eigenvalue weighted by atomic mass is 10.2. The molecule has 0 unspecified atom stereocenters.